The van der Waals surface area contributed by atoms with Crippen LogP contribution in [0.25, 0.3) is 0 Å². The molecule has 0 radical (unpaired) electrons. The number of hydrogen-bond donors (Lipinski definition) is 1. The normalized spacial score (nSPS) is 18.3. The number of nitrogens with one attached hydrogen (secondary N) is 1. The molecule has 0 saturated carbocycles. The lowest BCUT2D eigenvalue weighted by molar-refractivity contribution is -0.122. The summed E-state index contributed by atoms with van der Waals surface area (Å²) in [7, 11) is 0. The highest BCUT2D eigenvalue weighted by atomic mass is 19.1. The first-order chi connectivity index (χ1) is 8.66. The lowest BCUT2D eigenvalue weighted by atomic mass is 10.2. The molecule has 4 nitrogen and oxygen atoms in total. The molecule has 0 bridgehead atoms. The predicted octanol–water partition coefficient (Wildman–Crippen LogP) is 1.48. The van der Waals surface area contributed by atoms with Gasteiger partial charge in [0.15, 0.2) is 0 Å². The van der Waals surface area contributed by atoms with Crippen LogP contribution in [0.15, 0.2) is 24.3 Å². The highest BCUT2D eigenvalue weighted by Gasteiger charge is 2.23. The number of ether oxygens (including phenoxy) is 1. The summed E-state index contributed by atoms with van der Waals surface area (Å²) in [6.45, 7) is 4.64. The quantitative estimate of drug-likeness (QED) is 0.886. The standard InChI is InChI=1S/C13H17FN2O2/c1-10(16-5-7-18-8-6-16)13(17)15-12-4-2-3-11(14)9-12/h2-4,9-10H,5-8H2,1H3,(H,15,17)/t10-/m1/s1. The second-order valence-corrected chi connectivity index (χ2v) is 4.32. The molecular weight excluding hydrogens is 235 g/mol. The van der Waals surface area contributed by atoms with Gasteiger partial charge < -0.3 is 10.1 Å². The fourth-order valence-corrected chi connectivity index (χ4v) is 1.94. The Kier molecular flexibility index (Phi) is 4.28. The van der Waals surface area contributed by atoms with Crippen LogP contribution < -0.4 is 5.32 Å². The van der Waals surface area contributed by atoms with Crippen LogP contribution in [0.5, 0.6) is 0 Å². The van der Waals surface area contributed by atoms with Crippen molar-refractivity contribution in [1.82, 2.24) is 4.90 Å². The van der Waals surface area contributed by atoms with Gasteiger partial charge in [0.25, 0.3) is 0 Å². The van der Waals surface area contributed by atoms with E-state index in [4.69, 9.17) is 4.74 Å². The minimum atomic E-state index is -0.355. The molecule has 0 aromatic heterocycles. The van der Waals surface area contributed by atoms with E-state index >= 15 is 0 Å². The molecule has 2 rings (SSSR count). The van der Waals surface area contributed by atoms with E-state index in [2.05, 4.69) is 10.2 Å². The largest absolute Gasteiger partial charge is 0.379 e. The Morgan fingerprint density at radius 3 is 2.83 bits per heavy atom. The zero-order valence-electron chi connectivity index (χ0n) is 10.4. The van der Waals surface area contributed by atoms with Crippen LogP contribution in [-0.2, 0) is 9.53 Å². The van der Waals surface area contributed by atoms with Gasteiger partial charge >= 0.3 is 0 Å². The topological polar surface area (TPSA) is 41.6 Å². The van der Waals surface area contributed by atoms with Crippen molar-refractivity contribution in [3.8, 4) is 0 Å². The second kappa shape index (κ2) is 5.93. The third-order valence-electron chi connectivity index (χ3n) is 3.06. The number of amides is 1. The van der Waals surface area contributed by atoms with Crippen molar-refractivity contribution in [2.75, 3.05) is 31.6 Å². The smallest absolute Gasteiger partial charge is 0.241 e. The summed E-state index contributed by atoms with van der Waals surface area (Å²) in [5.74, 6) is -0.477. The average Bonchev–Trinajstić information content (AvgIpc) is 2.39. The maximum atomic E-state index is 13.0. The van der Waals surface area contributed by atoms with Gasteiger partial charge in [0.1, 0.15) is 5.82 Å². The molecule has 0 aliphatic carbocycles. The molecule has 1 aromatic rings. The van der Waals surface area contributed by atoms with Gasteiger partial charge in [-0.25, -0.2) is 4.39 Å². The zero-order chi connectivity index (χ0) is 13.0. The number of nitrogens with zero attached hydrogens (tertiary/aromatic N) is 1. The zero-order valence-corrected chi connectivity index (χ0v) is 10.4. The third-order valence-corrected chi connectivity index (χ3v) is 3.06. The third kappa shape index (κ3) is 3.27. The molecule has 1 fully saturated rings. The van der Waals surface area contributed by atoms with E-state index in [0.29, 0.717) is 18.9 Å². The van der Waals surface area contributed by atoms with Gasteiger partial charge in [-0.05, 0) is 25.1 Å². The Hall–Kier alpha value is -1.46. The summed E-state index contributed by atoms with van der Waals surface area (Å²) in [6.07, 6.45) is 0. The molecule has 1 N–H and O–H groups in total. The van der Waals surface area contributed by atoms with Crippen molar-refractivity contribution in [3.05, 3.63) is 30.1 Å². The molecule has 1 atom stereocenters. The van der Waals surface area contributed by atoms with Crippen molar-refractivity contribution in [3.63, 3.8) is 0 Å². The number of carbonyl (C=O) groups is 1. The Balaban J connectivity index is 1.94. The Morgan fingerprint density at radius 2 is 2.17 bits per heavy atom. The Morgan fingerprint density at radius 1 is 1.44 bits per heavy atom. The van der Waals surface area contributed by atoms with E-state index in [0.717, 1.165) is 13.1 Å². The number of carbonyl (C=O) groups excluding carboxylic acids is 1. The van der Waals surface area contributed by atoms with Crippen molar-refractivity contribution in [2.24, 2.45) is 0 Å². The summed E-state index contributed by atoms with van der Waals surface area (Å²) >= 11 is 0. The monoisotopic (exact) mass is 252 g/mol. The van der Waals surface area contributed by atoms with Gasteiger partial charge in [0, 0.05) is 18.8 Å². The van der Waals surface area contributed by atoms with Gasteiger partial charge in [0.2, 0.25) is 5.91 Å². The SMILES string of the molecule is C[C@H](C(=O)Nc1cccc(F)c1)N1CCOCC1. The summed E-state index contributed by atoms with van der Waals surface area (Å²) in [6, 6.07) is 5.67. The number of hydrogen-bond acceptors (Lipinski definition) is 3. The highest BCUT2D eigenvalue weighted by molar-refractivity contribution is 5.94. The molecule has 5 heteroatoms. The summed E-state index contributed by atoms with van der Waals surface area (Å²) in [5, 5.41) is 2.72. The van der Waals surface area contributed by atoms with Crippen LogP contribution in [-0.4, -0.2) is 43.2 Å². The fraction of sp³-hybridized carbons (Fsp3) is 0.462. The first-order valence-corrected chi connectivity index (χ1v) is 6.05. The van der Waals surface area contributed by atoms with Gasteiger partial charge in [0.05, 0.1) is 19.3 Å². The van der Waals surface area contributed by atoms with Crippen LogP contribution in [0.2, 0.25) is 0 Å². The first kappa shape index (κ1) is 13.0. The van der Waals surface area contributed by atoms with E-state index < -0.39 is 0 Å². The molecular formula is C13H17FN2O2. The molecule has 0 unspecified atom stereocenters. The minimum Gasteiger partial charge on any atom is -0.379 e. The maximum absolute atomic E-state index is 13.0. The molecule has 1 heterocycles. The first-order valence-electron chi connectivity index (χ1n) is 6.05. The van der Waals surface area contributed by atoms with E-state index in [9.17, 15) is 9.18 Å². The van der Waals surface area contributed by atoms with Crippen LogP contribution in [0.3, 0.4) is 0 Å². The van der Waals surface area contributed by atoms with E-state index in [-0.39, 0.29) is 17.8 Å². The predicted molar refractivity (Wildman–Crippen MR) is 66.9 cm³/mol. The lowest BCUT2D eigenvalue weighted by Crippen LogP contribution is -2.47. The highest BCUT2D eigenvalue weighted by Crippen LogP contribution is 2.11. The van der Waals surface area contributed by atoms with Crippen molar-refractivity contribution < 1.29 is 13.9 Å². The summed E-state index contributed by atoms with van der Waals surface area (Å²) < 4.78 is 18.2. The molecule has 1 saturated heterocycles. The Bertz CT molecular complexity index is 419. The van der Waals surface area contributed by atoms with Gasteiger partial charge in [-0.15, -0.1) is 0 Å². The number of rotatable bonds is 3. The van der Waals surface area contributed by atoms with Gasteiger partial charge in [-0.3, -0.25) is 9.69 Å². The molecule has 1 amide bonds. The number of halogens is 1. The van der Waals surface area contributed by atoms with Gasteiger partial charge in [-0.2, -0.15) is 0 Å². The minimum absolute atomic E-state index is 0.123. The molecule has 98 valence electrons. The Labute approximate surface area is 106 Å². The lowest BCUT2D eigenvalue weighted by Gasteiger charge is -2.31. The van der Waals surface area contributed by atoms with Gasteiger partial charge in [-0.1, -0.05) is 6.07 Å². The van der Waals surface area contributed by atoms with Crippen molar-refractivity contribution in [2.45, 2.75) is 13.0 Å². The second-order valence-electron chi connectivity index (χ2n) is 4.32. The molecule has 18 heavy (non-hydrogen) atoms. The summed E-state index contributed by atoms with van der Waals surface area (Å²) in [5.41, 5.74) is 0.486. The van der Waals surface area contributed by atoms with Crippen LogP contribution in [0, 0.1) is 5.82 Å². The number of benzene rings is 1. The molecule has 1 aromatic carbocycles. The van der Waals surface area contributed by atoms with E-state index in [1.807, 2.05) is 6.92 Å². The fourth-order valence-electron chi connectivity index (χ4n) is 1.94. The average molecular weight is 252 g/mol. The number of morpholine rings is 1. The number of anilines is 1. The molecule has 0 spiro atoms. The van der Waals surface area contributed by atoms with E-state index in [1.165, 1.54) is 12.1 Å². The molecule has 1 aliphatic rings. The van der Waals surface area contributed by atoms with Crippen molar-refractivity contribution >= 4 is 11.6 Å². The van der Waals surface area contributed by atoms with Crippen molar-refractivity contribution in [1.29, 1.82) is 0 Å². The van der Waals surface area contributed by atoms with Crippen LogP contribution >= 0.6 is 0 Å². The van der Waals surface area contributed by atoms with Crippen LogP contribution in [0.1, 0.15) is 6.92 Å². The summed E-state index contributed by atoms with van der Waals surface area (Å²) in [4.78, 5) is 14.1. The van der Waals surface area contributed by atoms with E-state index in [1.54, 1.807) is 12.1 Å². The molecule has 1 aliphatic heterocycles. The van der Waals surface area contributed by atoms with Crippen LogP contribution in [0.4, 0.5) is 10.1 Å². The maximum Gasteiger partial charge on any atom is 0.241 e.